The molecular weight excluding hydrogens is 369 g/mol. The Bertz CT molecular complexity index is 1060. The summed E-state index contributed by atoms with van der Waals surface area (Å²) in [6.45, 7) is 0.516. The summed E-state index contributed by atoms with van der Waals surface area (Å²) in [5, 5.41) is 14.0. The van der Waals surface area contributed by atoms with Crippen molar-refractivity contribution in [3.8, 4) is 5.75 Å². The number of nitrogens with zero attached hydrogens (tertiary/aromatic N) is 3. The molecule has 29 heavy (non-hydrogen) atoms. The van der Waals surface area contributed by atoms with E-state index < -0.39 is 0 Å². The largest absolute Gasteiger partial charge is 0.489 e. The van der Waals surface area contributed by atoms with Gasteiger partial charge >= 0.3 is 0 Å². The number of nitrogens with one attached hydrogen (secondary N) is 2. The number of halogens is 1. The number of benzene rings is 3. The smallest absolute Gasteiger partial charge is 0.249 e. The van der Waals surface area contributed by atoms with Crippen molar-refractivity contribution in [3.63, 3.8) is 0 Å². The molecule has 4 rings (SSSR count). The highest BCUT2D eigenvalue weighted by Crippen LogP contribution is 2.20. The average Bonchev–Trinajstić information content (AvgIpc) is 2.76. The highest BCUT2D eigenvalue weighted by Gasteiger charge is 2.03. The summed E-state index contributed by atoms with van der Waals surface area (Å²) in [6, 6.07) is 23.5. The summed E-state index contributed by atoms with van der Waals surface area (Å²) in [6.07, 6.45) is 1.52. The Kier molecular flexibility index (Phi) is 5.57. The van der Waals surface area contributed by atoms with Crippen molar-refractivity contribution >= 4 is 23.1 Å². The molecule has 6 nitrogen and oxygen atoms in total. The minimum absolute atomic E-state index is 0.304. The normalized spacial score (nSPS) is 10.4. The van der Waals surface area contributed by atoms with E-state index >= 15 is 0 Å². The molecule has 0 aliphatic rings. The molecule has 0 amide bonds. The molecule has 0 aliphatic carbocycles. The fourth-order valence-electron chi connectivity index (χ4n) is 2.60. The lowest BCUT2D eigenvalue weighted by Gasteiger charge is -2.09. The van der Waals surface area contributed by atoms with E-state index in [0.29, 0.717) is 24.1 Å². The molecule has 0 spiro atoms. The number of rotatable bonds is 7. The second-order valence-electron chi connectivity index (χ2n) is 6.22. The van der Waals surface area contributed by atoms with Crippen molar-refractivity contribution in [2.24, 2.45) is 0 Å². The zero-order chi connectivity index (χ0) is 19.9. The van der Waals surface area contributed by atoms with Gasteiger partial charge in [-0.15, -0.1) is 5.10 Å². The van der Waals surface area contributed by atoms with Gasteiger partial charge in [-0.1, -0.05) is 30.3 Å². The molecule has 0 atom stereocenters. The zero-order valence-corrected chi connectivity index (χ0v) is 15.4. The predicted octanol–water partition coefficient (Wildman–Crippen LogP) is 5.08. The molecule has 0 saturated carbocycles. The SMILES string of the molecule is Fc1ccc(Nc2nncc(Nc3ccc(OCc4ccccc4)cc3)n2)cc1. The Hall–Kier alpha value is -4.00. The van der Waals surface area contributed by atoms with E-state index in [1.54, 1.807) is 12.1 Å². The molecule has 2 N–H and O–H groups in total. The number of aromatic nitrogens is 3. The van der Waals surface area contributed by atoms with Crippen LogP contribution in [0.2, 0.25) is 0 Å². The number of ether oxygens (including phenoxy) is 1. The minimum atomic E-state index is -0.304. The lowest BCUT2D eigenvalue weighted by molar-refractivity contribution is 0.306. The Labute approximate surface area is 167 Å². The van der Waals surface area contributed by atoms with Crippen molar-refractivity contribution in [2.75, 3.05) is 10.6 Å². The van der Waals surface area contributed by atoms with Gasteiger partial charge in [0.1, 0.15) is 18.2 Å². The molecular formula is C22H18FN5O. The third kappa shape index (κ3) is 5.26. The second kappa shape index (κ2) is 8.79. The Morgan fingerprint density at radius 1 is 0.793 bits per heavy atom. The van der Waals surface area contributed by atoms with Gasteiger partial charge in [0.15, 0.2) is 5.82 Å². The molecule has 1 heterocycles. The third-order valence-corrected chi connectivity index (χ3v) is 4.03. The van der Waals surface area contributed by atoms with Crippen LogP contribution in [-0.4, -0.2) is 15.2 Å². The van der Waals surface area contributed by atoms with E-state index in [-0.39, 0.29) is 5.82 Å². The summed E-state index contributed by atoms with van der Waals surface area (Å²) in [4.78, 5) is 4.36. The van der Waals surface area contributed by atoms with Gasteiger partial charge in [-0.25, -0.2) is 4.39 Å². The van der Waals surface area contributed by atoms with Crippen LogP contribution in [0.5, 0.6) is 5.75 Å². The monoisotopic (exact) mass is 387 g/mol. The molecule has 1 aromatic heterocycles. The molecule has 0 bridgehead atoms. The van der Waals surface area contributed by atoms with Crippen molar-refractivity contribution < 1.29 is 9.13 Å². The summed E-state index contributed by atoms with van der Waals surface area (Å²) in [5.74, 6) is 1.31. The Balaban J connectivity index is 1.37. The van der Waals surface area contributed by atoms with E-state index in [4.69, 9.17) is 4.74 Å². The van der Waals surface area contributed by atoms with E-state index in [2.05, 4.69) is 25.8 Å². The molecule has 0 unspecified atom stereocenters. The molecule has 0 aliphatic heterocycles. The van der Waals surface area contributed by atoms with Crippen molar-refractivity contribution in [2.45, 2.75) is 6.61 Å². The van der Waals surface area contributed by atoms with Crippen LogP contribution in [0.15, 0.2) is 85.1 Å². The van der Waals surface area contributed by atoms with Gasteiger partial charge in [0.2, 0.25) is 5.95 Å². The van der Waals surface area contributed by atoms with E-state index in [1.165, 1.54) is 18.3 Å². The first-order valence-corrected chi connectivity index (χ1v) is 9.01. The fraction of sp³-hybridized carbons (Fsp3) is 0.0455. The highest BCUT2D eigenvalue weighted by atomic mass is 19.1. The van der Waals surface area contributed by atoms with Crippen LogP contribution < -0.4 is 15.4 Å². The summed E-state index contributed by atoms with van der Waals surface area (Å²) in [5.41, 5.74) is 2.62. The fourth-order valence-corrected chi connectivity index (χ4v) is 2.60. The lowest BCUT2D eigenvalue weighted by Crippen LogP contribution is -2.02. The highest BCUT2D eigenvalue weighted by molar-refractivity contribution is 5.59. The van der Waals surface area contributed by atoms with Gasteiger partial charge in [0, 0.05) is 11.4 Å². The molecule has 144 valence electrons. The van der Waals surface area contributed by atoms with Gasteiger partial charge in [0.25, 0.3) is 0 Å². The van der Waals surface area contributed by atoms with Crippen LogP contribution in [0.4, 0.5) is 27.5 Å². The third-order valence-electron chi connectivity index (χ3n) is 4.03. The lowest BCUT2D eigenvalue weighted by atomic mass is 10.2. The minimum Gasteiger partial charge on any atom is -0.489 e. The molecule has 0 radical (unpaired) electrons. The molecule has 7 heteroatoms. The topological polar surface area (TPSA) is 72.0 Å². The molecule has 0 saturated heterocycles. The first kappa shape index (κ1) is 18.4. The van der Waals surface area contributed by atoms with Gasteiger partial charge in [-0.2, -0.15) is 10.1 Å². The number of hydrogen-bond donors (Lipinski definition) is 2. The van der Waals surface area contributed by atoms with E-state index in [9.17, 15) is 4.39 Å². The Morgan fingerprint density at radius 3 is 2.24 bits per heavy atom. The number of hydrogen-bond acceptors (Lipinski definition) is 6. The van der Waals surface area contributed by atoms with Gasteiger partial charge < -0.3 is 15.4 Å². The summed E-state index contributed by atoms with van der Waals surface area (Å²) >= 11 is 0. The van der Waals surface area contributed by atoms with Crippen LogP contribution in [0, 0.1) is 5.82 Å². The first-order valence-electron chi connectivity index (χ1n) is 9.01. The van der Waals surface area contributed by atoms with Gasteiger partial charge in [-0.05, 0) is 54.1 Å². The molecule has 0 fully saturated rings. The number of anilines is 4. The maximum absolute atomic E-state index is 13.0. The van der Waals surface area contributed by atoms with Crippen LogP contribution in [-0.2, 0) is 6.61 Å². The van der Waals surface area contributed by atoms with Crippen molar-refractivity contribution in [3.05, 3.63) is 96.4 Å². The first-order chi connectivity index (χ1) is 14.2. The van der Waals surface area contributed by atoms with E-state index in [0.717, 1.165) is 17.0 Å². The quantitative estimate of drug-likeness (QED) is 0.461. The van der Waals surface area contributed by atoms with Crippen molar-refractivity contribution in [1.29, 1.82) is 0 Å². The average molecular weight is 387 g/mol. The van der Waals surface area contributed by atoms with Gasteiger partial charge in [-0.3, -0.25) is 0 Å². The Morgan fingerprint density at radius 2 is 1.48 bits per heavy atom. The molecule has 3 aromatic carbocycles. The maximum atomic E-state index is 13.0. The summed E-state index contributed by atoms with van der Waals surface area (Å²) < 4.78 is 18.8. The zero-order valence-electron chi connectivity index (χ0n) is 15.4. The van der Waals surface area contributed by atoms with Crippen LogP contribution >= 0.6 is 0 Å². The standard InChI is InChI=1S/C22H18FN5O/c23-17-6-8-19(9-7-17)26-22-27-21(14-24-28-22)25-18-10-12-20(13-11-18)29-15-16-4-2-1-3-5-16/h1-14H,15H2,(H2,25,26,27,28). The van der Waals surface area contributed by atoms with Crippen LogP contribution in [0.25, 0.3) is 0 Å². The van der Waals surface area contributed by atoms with Crippen molar-refractivity contribution in [1.82, 2.24) is 15.2 Å². The summed E-state index contributed by atoms with van der Waals surface area (Å²) in [7, 11) is 0. The van der Waals surface area contributed by atoms with Crippen LogP contribution in [0.1, 0.15) is 5.56 Å². The van der Waals surface area contributed by atoms with E-state index in [1.807, 2.05) is 54.6 Å². The predicted molar refractivity (Wildman–Crippen MR) is 110 cm³/mol. The maximum Gasteiger partial charge on any atom is 0.249 e. The van der Waals surface area contributed by atoms with Crippen LogP contribution in [0.3, 0.4) is 0 Å². The molecule has 4 aromatic rings. The van der Waals surface area contributed by atoms with Gasteiger partial charge in [0.05, 0.1) is 6.20 Å². The second-order valence-corrected chi connectivity index (χ2v) is 6.22.